The fourth-order valence-corrected chi connectivity index (χ4v) is 4.55. The van der Waals surface area contributed by atoms with Crippen LogP contribution in [0.4, 0.5) is 4.79 Å². The highest BCUT2D eigenvalue weighted by molar-refractivity contribution is 5.92. The number of pyridine rings is 1. The maximum absolute atomic E-state index is 12.4. The molecule has 2 aliphatic rings. The maximum Gasteiger partial charge on any atom is 0.410 e. The average Bonchev–Trinajstić information content (AvgIpc) is 2.82. The first-order valence-electron chi connectivity index (χ1n) is 11.6. The Balaban J connectivity index is 1.34. The van der Waals surface area contributed by atoms with Crippen molar-refractivity contribution >= 4 is 17.0 Å². The summed E-state index contributed by atoms with van der Waals surface area (Å²) < 4.78 is 23.8. The monoisotopic (exact) mass is 462 g/mol. The summed E-state index contributed by atoms with van der Waals surface area (Å²) in [6.45, 7) is 7.13. The van der Waals surface area contributed by atoms with Crippen molar-refractivity contribution in [3.8, 4) is 22.6 Å². The summed E-state index contributed by atoms with van der Waals surface area (Å²) in [6.07, 6.45) is 2.67. The molecule has 1 aromatic heterocycles. The van der Waals surface area contributed by atoms with E-state index in [1.165, 1.54) is 0 Å². The minimum Gasteiger partial charge on any atom is -0.494 e. The molecule has 2 aliphatic heterocycles. The van der Waals surface area contributed by atoms with Crippen LogP contribution in [0.3, 0.4) is 0 Å². The van der Waals surface area contributed by atoms with Crippen LogP contribution in [0.2, 0.25) is 0 Å². The Morgan fingerprint density at radius 1 is 1.12 bits per heavy atom. The molecule has 3 heterocycles. The molecule has 1 amide bonds. The Bertz CT molecular complexity index is 1230. The van der Waals surface area contributed by atoms with Crippen molar-refractivity contribution in [2.24, 2.45) is 0 Å². The molecule has 2 aromatic carbocycles. The third-order valence-electron chi connectivity index (χ3n) is 6.27. The molecule has 0 radical (unpaired) electrons. The molecule has 0 atom stereocenters. The van der Waals surface area contributed by atoms with Gasteiger partial charge in [0.25, 0.3) is 0 Å². The fraction of sp³-hybridized carbons (Fsp3) is 0.407. The lowest BCUT2D eigenvalue weighted by molar-refractivity contribution is -0.226. The molecule has 34 heavy (non-hydrogen) atoms. The van der Waals surface area contributed by atoms with Crippen molar-refractivity contribution in [3.05, 3.63) is 54.2 Å². The van der Waals surface area contributed by atoms with Crippen molar-refractivity contribution < 1.29 is 23.7 Å². The standard InChI is InChI=1S/C27H30N2O5/c1-26(2,3)34-25(30)29-14-11-27(12-15-29)32-17-20-16-19(8-10-22(20)33-27)21-9-7-18-6-5-13-28-23(18)24(21)31-4/h5-10,13,16H,11-12,14-15,17H2,1-4H3. The molecule has 0 N–H and O–H groups in total. The molecule has 5 rings (SSSR count). The Hall–Kier alpha value is -3.32. The van der Waals surface area contributed by atoms with Crippen LogP contribution in [0.5, 0.6) is 11.5 Å². The highest BCUT2D eigenvalue weighted by Crippen LogP contribution is 2.41. The zero-order chi connectivity index (χ0) is 23.9. The number of amides is 1. The minimum atomic E-state index is -0.711. The Morgan fingerprint density at radius 2 is 1.91 bits per heavy atom. The summed E-state index contributed by atoms with van der Waals surface area (Å²) in [4.78, 5) is 18.6. The van der Waals surface area contributed by atoms with Crippen LogP contribution in [0.15, 0.2) is 48.7 Å². The lowest BCUT2D eigenvalue weighted by Crippen LogP contribution is -2.53. The SMILES string of the molecule is COc1c(-c2ccc3c(c2)COC2(CCN(C(=O)OC(C)(C)C)CC2)O3)ccc2cccnc12. The highest BCUT2D eigenvalue weighted by Gasteiger charge is 2.42. The summed E-state index contributed by atoms with van der Waals surface area (Å²) in [5, 5.41) is 1.03. The topological polar surface area (TPSA) is 70.1 Å². The van der Waals surface area contributed by atoms with E-state index >= 15 is 0 Å². The highest BCUT2D eigenvalue weighted by atomic mass is 16.7. The molecule has 1 saturated heterocycles. The summed E-state index contributed by atoms with van der Waals surface area (Å²) in [5.74, 6) is 0.859. The number of nitrogens with zero attached hydrogens (tertiary/aromatic N) is 2. The number of aromatic nitrogens is 1. The van der Waals surface area contributed by atoms with Crippen LogP contribution in [0.1, 0.15) is 39.2 Å². The van der Waals surface area contributed by atoms with Gasteiger partial charge in [0.15, 0.2) is 5.75 Å². The summed E-state index contributed by atoms with van der Waals surface area (Å²) in [6, 6.07) is 14.2. The lowest BCUT2D eigenvalue weighted by atomic mass is 9.98. The third-order valence-corrected chi connectivity index (χ3v) is 6.27. The van der Waals surface area contributed by atoms with Gasteiger partial charge < -0.3 is 23.8 Å². The third kappa shape index (κ3) is 4.28. The molecular weight excluding hydrogens is 432 g/mol. The second kappa shape index (κ2) is 8.47. The molecular formula is C27H30N2O5. The smallest absolute Gasteiger partial charge is 0.410 e. The van der Waals surface area contributed by atoms with Crippen molar-refractivity contribution in [3.63, 3.8) is 0 Å². The molecule has 1 spiro atoms. The van der Waals surface area contributed by atoms with Gasteiger partial charge in [0.05, 0.1) is 13.7 Å². The van der Waals surface area contributed by atoms with Gasteiger partial charge in [-0.15, -0.1) is 0 Å². The van der Waals surface area contributed by atoms with Crippen molar-refractivity contribution in [2.75, 3.05) is 20.2 Å². The second-order valence-electron chi connectivity index (χ2n) is 9.81. The van der Waals surface area contributed by atoms with Crippen LogP contribution < -0.4 is 9.47 Å². The number of carbonyl (C=O) groups is 1. The largest absolute Gasteiger partial charge is 0.494 e. The van der Waals surface area contributed by atoms with E-state index in [0.717, 1.165) is 39.1 Å². The van der Waals surface area contributed by atoms with Gasteiger partial charge in [-0.3, -0.25) is 4.98 Å². The Morgan fingerprint density at radius 3 is 2.65 bits per heavy atom. The molecule has 1 fully saturated rings. The Kier molecular flexibility index (Phi) is 5.60. The number of carbonyl (C=O) groups excluding carboxylic acids is 1. The number of methoxy groups -OCH3 is 1. The van der Waals surface area contributed by atoms with Crippen molar-refractivity contribution in [1.29, 1.82) is 0 Å². The molecule has 178 valence electrons. The number of benzene rings is 2. The fourth-order valence-electron chi connectivity index (χ4n) is 4.55. The average molecular weight is 463 g/mol. The summed E-state index contributed by atoms with van der Waals surface area (Å²) in [5.41, 5.74) is 3.31. The number of rotatable bonds is 2. The molecule has 7 heteroatoms. The van der Waals surface area contributed by atoms with Crippen LogP contribution in [-0.4, -0.2) is 47.6 Å². The first kappa shape index (κ1) is 22.5. The van der Waals surface area contributed by atoms with E-state index in [9.17, 15) is 4.79 Å². The number of piperidine rings is 1. The molecule has 3 aromatic rings. The summed E-state index contributed by atoms with van der Waals surface area (Å²) >= 11 is 0. The van der Waals surface area contributed by atoms with Gasteiger partial charge in [0.2, 0.25) is 5.79 Å². The lowest BCUT2D eigenvalue weighted by Gasteiger charge is -2.44. The molecule has 0 bridgehead atoms. The van der Waals surface area contributed by atoms with Crippen molar-refractivity contribution in [2.45, 2.75) is 51.6 Å². The van der Waals surface area contributed by atoms with Gasteiger partial charge in [-0.1, -0.05) is 18.2 Å². The van der Waals surface area contributed by atoms with Gasteiger partial charge in [0.1, 0.15) is 16.9 Å². The predicted octanol–water partition coefficient (Wildman–Crippen LogP) is 5.55. The molecule has 0 saturated carbocycles. The van der Waals surface area contributed by atoms with Crippen LogP contribution >= 0.6 is 0 Å². The van der Waals surface area contributed by atoms with Gasteiger partial charge in [-0.25, -0.2) is 4.79 Å². The zero-order valence-electron chi connectivity index (χ0n) is 20.1. The summed E-state index contributed by atoms with van der Waals surface area (Å²) in [7, 11) is 1.67. The molecule has 0 unspecified atom stereocenters. The van der Waals surface area contributed by atoms with Gasteiger partial charge in [0, 0.05) is 48.6 Å². The van der Waals surface area contributed by atoms with Gasteiger partial charge in [-0.2, -0.15) is 0 Å². The second-order valence-corrected chi connectivity index (χ2v) is 9.81. The van der Waals surface area contributed by atoms with E-state index in [4.69, 9.17) is 18.9 Å². The van der Waals surface area contributed by atoms with Crippen molar-refractivity contribution in [1.82, 2.24) is 9.88 Å². The molecule has 7 nitrogen and oxygen atoms in total. The van der Waals surface area contributed by atoms with Gasteiger partial charge >= 0.3 is 6.09 Å². The minimum absolute atomic E-state index is 0.290. The number of hydrogen-bond acceptors (Lipinski definition) is 6. The van der Waals surface area contributed by atoms with E-state index in [1.54, 1.807) is 18.2 Å². The number of fused-ring (bicyclic) bond motifs is 2. The van der Waals surface area contributed by atoms with E-state index in [-0.39, 0.29) is 6.09 Å². The van der Waals surface area contributed by atoms with E-state index in [2.05, 4.69) is 23.2 Å². The van der Waals surface area contributed by atoms with E-state index in [0.29, 0.717) is 32.5 Å². The van der Waals surface area contributed by atoms with E-state index in [1.807, 2.05) is 45.0 Å². The number of ether oxygens (including phenoxy) is 4. The first-order valence-corrected chi connectivity index (χ1v) is 11.6. The van der Waals surface area contributed by atoms with Crippen LogP contribution in [-0.2, 0) is 16.1 Å². The van der Waals surface area contributed by atoms with Crippen LogP contribution in [0, 0.1) is 0 Å². The van der Waals surface area contributed by atoms with Crippen LogP contribution in [0.25, 0.3) is 22.0 Å². The predicted molar refractivity (Wildman–Crippen MR) is 129 cm³/mol. The number of hydrogen-bond donors (Lipinski definition) is 0. The Labute approximate surface area is 199 Å². The maximum atomic E-state index is 12.4. The molecule has 0 aliphatic carbocycles. The van der Waals surface area contributed by atoms with E-state index < -0.39 is 11.4 Å². The quantitative estimate of drug-likeness (QED) is 0.498. The normalized spacial score (nSPS) is 17.2. The first-order chi connectivity index (χ1) is 16.3. The zero-order valence-corrected chi connectivity index (χ0v) is 20.1. The van der Waals surface area contributed by atoms with Gasteiger partial charge in [-0.05, 0) is 50.6 Å². The number of likely N-dealkylation sites (tertiary alicyclic amines) is 1.